The summed E-state index contributed by atoms with van der Waals surface area (Å²) in [6.45, 7) is 1.53. The Hall–Kier alpha value is -3.29. The molecule has 17 atom stereocenters. The van der Waals surface area contributed by atoms with E-state index in [1.807, 2.05) is 6.08 Å². The fraction of sp³-hybridized carbons (Fsp3) is 0.770. The molecule has 0 saturated carbocycles. The molecule has 3 aliphatic heterocycles. The first kappa shape index (κ1) is 83.9. The van der Waals surface area contributed by atoms with Crippen LogP contribution in [0.1, 0.15) is 232 Å². The van der Waals surface area contributed by atoms with Gasteiger partial charge in [0.25, 0.3) is 0 Å². The van der Waals surface area contributed by atoms with Crippen molar-refractivity contribution in [3.8, 4) is 0 Å². The maximum absolute atomic E-state index is 13.3. The molecule has 3 heterocycles. The van der Waals surface area contributed by atoms with Gasteiger partial charge in [-0.3, -0.25) is 4.79 Å². The van der Waals surface area contributed by atoms with Crippen molar-refractivity contribution in [1.29, 1.82) is 0 Å². The molecule has 0 aromatic carbocycles. The standard InChI is InChI=1S/C74H127NO18/c1-3-5-7-9-11-12-13-14-15-16-17-18-19-20-21-22-23-24-25-26-27-28-29-30-31-32-33-34-35-36-37-38-39-40-41-42-43-44-46-48-50-52-62(80)75-57(58(79)51-49-47-45-10-8-6-4-2)56-88-72-68(86)65(83)70(60(54-77)90-72)93-74-69(87)66(84)71(61(55-78)91-74)92-73-67(85)64(82)63(81)59(53-76)89-73/h5,7,11-12,14-15,17-18,20-21,23-24,26-27,49,51,57-61,63-74,76-79,81-87H,3-4,6,8-10,13,16,19,22,25,28-48,50,52-56H2,1-2H3,(H,75,80)/b7-5-,12-11-,15-14-,18-17-,21-20-,24-23-,27-26-,51-49+. The van der Waals surface area contributed by atoms with Crippen molar-refractivity contribution in [1.82, 2.24) is 5.32 Å². The zero-order valence-electron chi connectivity index (χ0n) is 56.7. The highest BCUT2D eigenvalue weighted by Gasteiger charge is 2.53. The second-order valence-electron chi connectivity index (χ2n) is 25.3. The molecular formula is C74H127NO18. The predicted octanol–water partition coefficient (Wildman–Crippen LogP) is 10.0. The molecule has 0 spiro atoms. The molecule has 3 saturated heterocycles. The van der Waals surface area contributed by atoms with Crippen LogP contribution in [0.25, 0.3) is 0 Å². The minimum atomic E-state index is -1.98. The van der Waals surface area contributed by atoms with Crippen LogP contribution in [0.3, 0.4) is 0 Å². The first-order valence-electron chi connectivity index (χ1n) is 36.0. The largest absolute Gasteiger partial charge is 0.394 e. The Kier molecular flexibility index (Phi) is 49.4. The topological polar surface area (TPSA) is 307 Å². The molecule has 93 heavy (non-hydrogen) atoms. The maximum atomic E-state index is 13.3. The second kappa shape index (κ2) is 54.7. The van der Waals surface area contributed by atoms with Gasteiger partial charge in [-0.25, -0.2) is 0 Å². The molecule has 1 amide bonds. The molecular weight excluding hydrogens is 1190 g/mol. The predicted molar refractivity (Wildman–Crippen MR) is 364 cm³/mol. The van der Waals surface area contributed by atoms with Crippen LogP contribution in [-0.2, 0) is 33.2 Å². The third kappa shape index (κ3) is 36.2. The van der Waals surface area contributed by atoms with Crippen molar-refractivity contribution >= 4 is 5.91 Å². The third-order valence-electron chi connectivity index (χ3n) is 17.4. The number of aliphatic hydroxyl groups is 11. The van der Waals surface area contributed by atoms with E-state index in [2.05, 4.69) is 104 Å². The average molecular weight is 1320 g/mol. The van der Waals surface area contributed by atoms with E-state index >= 15 is 0 Å². The van der Waals surface area contributed by atoms with Crippen molar-refractivity contribution in [2.45, 2.75) is 336 Å². The first-order chi connectivity index (χ1) is 45.3. The average Bonchev–Trinajstić information content (AvgIpc) is 0.798. The highest BCUT2D eigenvalue weighted by molar-refractivity contribution is 5.76. The van der Waals surface area contributed by atoms with Crippen LogP contribution >= 0.6 is 0 Å². The van der Waals surface area contributed by atoms with Crippen LogP contribution in [0.4, 0.5) is 0 Å². The summed E-state index contributed by atoms with van der Waals surface area (Å²) < 4.78 is 34.2. The van der Waals surface area contributed by atoms with Crippen LogP contribution < -0.4 is 5.32 Å². The van der Waals surface area contributed by atoms with Gasteiger partial charge in [0.1, 0.15) is 73.2 Å². The highest BCUT2D eigenvalue weighted by Crippen LogP contribution is 2.33. The number of hydrogen-bond donors (Lipinski definition) is 12. The number of nitrogens with one attached hydrogen (secondary N) is 1. The molecule has 17 unspecified atom stereocenters. The lowest BCUT2D eigenvalue weighted by molar-refractivity contribution is -0.379. The zero-order chi connectivity index (χ0) is 67.5. The molecule has 12 N–H and O–H groups in total. The summed E-state index contributed by atoms with van der Waals surface area (Å²) in [5.41, 5.74) is 0. The van der Waals surface area contributed by atoms with Gasteiger partial charge in [-0.2, -0.15) is 0 Å². The normalized spacial score (nSPS) is 28.1. The lowest BCUT2D eigenvalue weighted by Crippen LogP contribution is -2.66. The first-order valence-corrected chi connectivity index (χ1v) is 36.0. The summed E-state index contributed by atoms with van der Waals surface area (Å²) >= 11 is 0. The fourth-order valence-corrected chi connectivity index (χ4v) is 11.6. The molecule has 0 aromatic heterocycles. The van der Waals surface area contributed by atoms with E-state index in [0.717, 1.165) is 103 Å². The van der Waals surface area contributed by atoms with Gasteiger partial charge in [0, 0.05) is 6.42 Å². The van der Waals surface area contributed by atoms with Crippen molar-refractivity contribution in [3.63, 3.8) is 0 Å². The van der Waals surface area contributed by atoms with E-state index in [1.54, 1.807) is 6.08 Å². The number of aliphatic hydroxyl groups excluding tert-OH is 11. The zero-order valence-corrected chi connectivity index (χ0v) is 56.7. The Labute approximate surface area is 558 Å². The van der Waals surface area contributed by atoms with Gasteiger partial charge < -0.3 is 89.9 Å². The van der Waals surface area contributed by atoms with Crippen molar-refractivity contribution in [2.24, 2.45) is 0 Å². The van der Waals surface area contributed by atoms with Crippen LogP contribution in [0.2, 0.25) is 0 Å². The van der Waals surface area contributed by atoms with Gasteiger partial charge in [-0.05, 0) is 77.0 Å². The smallest absolute Gasteiger partial charge is 0.220 e. The second-order valence-corrected chi connectivity index (χ2v) is 25.3. The summed E-state index contributed by atoms with van der Waals surface area (Å²) in [5.74, 6) is -0.281. The minimum Gasteiger partial charge on any atom is -0.394 e. The maximum Gasteiger partial charge on any atom is 0.220 e. The number of rotatable bonds is 54. The van der Waals surface area contributed by atoms with Crippen LogP contribution in [-0.4, -0.2) is 193 Å². The Morgan fingerprint density at radius 3 is 1.16 bits per heavy atom. The molecule has 0 bridgehead atoms. The quantitative estimate of drug-likeness (QED) is 0.0199. The lowest BCUT2D eigenvalue weighted by Gasteiger charge is -2.48. The van der Waals surface area contributed by atoms with E-state index < -0.39 is 124 Å². The van der Waals surface area contributed by atoms with E-state index in [4.69, 9.17) is 28.4 Å². The van der Waals surface area contributed by atoms with E-state index in [-0.39, 0.29) is 18.9 Å². The lowest BCUT2D eigenvalue weighted by atomic mass is 9.96. The van der Waals surface area contributed by atoms with Gasteiger partial charge in [0.05, 0.1) is 38.6 Å². The Morgan fingerprint density at radius 2 is 0.742 bits per heavy atom. The van der Waals surface area contributed by atoms with Gasteiger partial charge >= 0.3 is 0 Å². The van der Waals surface area contributed by atoms with Gasteiger partial charge in [0.2, 0.25) is 5.91 Å². The summed E-state index contributed by atoms with van der Waals surface area (Å²) in [7, 11) is 0. The van der Waals surface area contributed by atoms with E-state index in [9.17, 15) is 61.0 Å². The highest BCUT2D eigenvalue weighted by atomic mass is 16.8. The number of hydrogen-bond acceptors (Lipinski definition) is 18. The molecule has 3 fully saturated rings. The van der Waals surface area contributed by atoms with Crippen LogP contribution in [0, 0.1) is 0 Å². The Bertz CT molecular complexity index is 2060. The number of ether oxygens (including phenoxy) is 6. The van der Waals surface area contributed by atoms with Crippen LogP contribution in [0.5, 0.6) is 0 Å². The monoisotopic (exact) mass is 1320 g/mol. The number of carbonyl (C=O) groups is 1. The number of allylic oxidation sites excluding steroid dienone is 15. The van der Waals surface area contributed by atoms with Gasteiger partial charge in [0.15, 0.2) is 18.9 Å². The summed E-state index contributed by atoms with van der Waals surface area (Å²) in [6, 6.07) is -0.972. The third-order valence-corrected chi connectivity index (χ3v) is 17.4. The van der Waals surface area contributed by atoms with Gasteiger partial charge in [-0.15, -0.1) is 0 Å². The number of carbonyl (C=O) groups excluding carboxylic acids is 1. The summed E-state index contributed by atoms with van der Waals surface area (Å²) in [6.07, 6.45) is 46.1. The number of unbranched alkanes of at least 4 members (excludes halogenated alkanes) is 24. The van der Waals surface area contributed by atoms with Crippen molar-refractivity contribution in [2.75, 3.05) is 26.4 Å². The summed E-state index contributed by atoms with van der Waals surface area (Å²) in [5, 5.41) is 120. The molecule has 536 valence electrons. The minimum absolute atomic E-state index is 0.241. The molecule has 3 rings (SSSR count). The molecule has 19 heteroatoms. The molecule has 0 radical (unpaired) electrons. The van der Waals surface area contributed by atoms with E-state index in [1.165, 1.54) is 103 Å². The van der Waals surface area contributed by atoms with E-state index in [0.29, 0.717) is 6.42 Å². The SMILES string of the molecule is CC/C=C\C/C=C\C/C=C\C/C=C\C/C=C\C/C=C\C/C=C\CCCCCCCCCCCCCCCCCCCCCC(=O)NC(COC1OC(CO)C(OC2OC(CO)C(OC3OC(CO)C(O)C(O)C3O)C(O)C2O)C(O)C1O)C(O)/C=C/CCCCCCC. The van der Waals surface area contributed by atoms with Gasteiger partial charge in [-0.1, -0.05) is 246 Å². The van der Waals surface area contributed by atoms with Crippen molar-refractivity contribution < 1.29 is 89.4 Å². The Balaban J connectivity index is 1.24. The van der Waals surface area contributed by atoms with Crippen LogP contribution in [0.15, 0.2) is 97.2 Å². The summed E-state index contributed by atoms with van der Waals surface area (Å²) in [4.78, 5) is 13.3. The Morgan fingerprint density at radius 1 is 0.398 bits per heavy atom. The number of amides is 1. The molecule has 3 aliphatic rings. The van der Waals surface area contributed by atoms with Crippen molar-refractivity contribution in [3.05, 3.63) is 97.2 Å². The molecule has 0 aromatic rings. The molecule has 19 nitrogen and oxygen atoms in total. The fourth-order valence-electron chi connectivity index (χ4n) is 11.6. The molecule has 0 aliphatic carbocycles.